The molecule has 0 aromatic carbocycles. The van der Waals surface area contributed by atoms with Crippen molar-refractivity contribution in [3.05, 3.63) is 0 Å². The van der Waals surface area contributed by atoms with Gasteiger partial charge in [0.1, 0.15) is 4.99 Å². The molecule has 1 rings (SSSR count). The van der Waals surface area contributed by atoms with Crippen molar-refractivity contribution < 1.29 is 0 Å². The SMILES string of the molecule is CC1(C)NC(=S)N(Cl)C1=S. The van der Waals surface area contributed by atoms with Gasteiger partial charge >= 0.3 is 0 Å². The van der Waals surface area contributed by atoms with Gasteiger partial charge < -0.3 is 5.32 Å². The van der Waals surface area contributed by atoms with Gasteiger partial charge in [-0.1, -0.05) is 12.2 Å². The Labute approximate surface area is 75.6 Å². The topological polar surface area (TPSA) is 15.3 Å². The van der Waals surface area contributed by atoms with Crippen LogP contribution in [-0.4, -0.2) is 20.1 Å². The number of nitrogens with one attached hydrogen (secondary N) is 1. The molecule has 0 saturated carbocycles. The molecule has 1 aliphatic heterocycles. The van der Waals surface area contributed by atoms with Crippen molar-refractivity contribution in [2.75, 3.05) is 0 Å². The maximum absolute atomic E-state index is 5.69. The highest BCUT2D eigenvalue weighted by Gasteiger charge is 2.37. The van der Waals surface area contributed by atoms with E-state index in [2.05, 4.69) is 5.32 Å². The quantitative estimate of drug-likeness (QED) is 0.464. The van der Waals surface area contributed by atoms with Gasteiger partial charge in [0.05, 0.1) is 5.54 Å². The molecule has 0 bridgehead atoms. The first kappa shape index (κ1) is 8.17. The highest BCUT2D eigenvalue weighted by atomic mass is 35.5. The first-order chi connectivity index (χ1) is 4.45. The third kappa shape index (κ3) is 1.11. The molecule has 1 N–H and O–H groups in total. The number of rotatable bonds is 0. The van der Waals surface area contributed by atoms with Crippen LogP contribution in [-0.2, 0) is 0 Å². The number of nitrogens with zero attached hydrogens (tertiary/aromatic N) is 1. The minimum absolute atomic E-state index is 0.270. The first-order valence-electron chi connectivity index (χ1n) is 2.77. The molecule has 0 aromatic heterocycles. The van der Waals surface area contributed by atoms with Crippen LogP contribution in [0.25, 0.3) is 0 Å². The smallest absolute Gasteiger partial charge is 0.189 e. The molecule has 1 fully saturated rings. The van der Waals surface area contributed by atoms with Gasteiger partial charge in [0.15, 0.2) is 5.11 Å². The summed E-state index contributed by atoms with van der Waals surface area (Å²) in [7, 11) is 0. The van der Waals surface area contributed by atoms with E-state index in [-0.39, 0.29) is 5.54 Å². The van der Waals surface area contributed by atoms with E-state index in [0.717, 1.165) is 0 Å². The molecule has 0 amide bonds. The fourth-order valence-corrected chi connectivity index (χ4v) is 1.51. The van der Waals surface area contributed by atoms with Crippen molar-refractivity contribution in [1.82, 2.24) is 9.74 Å². The van der Waals surface area contributed by atoms with Gasteiger partial charge in [0.2, 0.25) is 0 Å². The van der Waals surface area contributed by atoms with Gasteiger partial charge in [0, 0.05) is 11.8 Å². The molecule has 1 aliphatic rings. The summed E-state index contributed by atoms with van der Waals surface area (Å²) in [6, 6.07) is 0. The number of halogens is 1. The third-order valence-corrected chi connectivity index (χ3v) is 2.83. The van der Waals surface area contributed by atoms with Gasteiger partial charge in [0.25, 0.3) is 0 Å². The summed E-state index contributed by atoms with van der Waals surface area (Å²) in [6.45, 7) is 3.87. The van der Waals surface area contributed by atoms with Crippen molar-refractivity contribution in [2.45, 2.75) is 19.4 Å². The molecule has 1 saturated heterocycles. The third-order valence-electron chi connectivity index (χ3n) is 1.31. The molecular formula is C5H7ClN2S2. The lowest BCUT2D eigenvalue weighted by Crippen LogP contribution is -2.38. The second kappa shape index (κ2) is 2.29. The molecule has 0 radical (unpaired) electrons. The van der Waals surface area contributed by atoms with E-state index in [1.807, 2.05) is 13.8 Å². The zero-order chi connectivity index (χ0) is 7.94. The maximum atomic E-state index is 5.69. The molecule has 0 spiro atoms. The van der Waals surface area contributed by atoms with Crippen molar-refractivity contribution in [3.8, 4) is 0 Å². The lowest BCUT2D eigenvalue weighted by Gasteiger charge is -2.15. The van der Waals surface area contributed by atoms with Crippen LogP contribution in [0.2, 0.25) is 0 Å². The Balaban J connectivity index is 2.92. The maximum Gasteiger partial charge on any atom is 0.189 e. The number of hydrogen-bond acceptors (Lipinski definition) is 2. The van der Waals surface area contributed by atoms with E-state index in [0.29, 0.717) is 10.1 Å². The monoisotopic (exact) mass is 194 g/mol. The van der Waals surface area contributed by atoms with Gasteiger partial charge in [-0.05, 0) is 26.1 Å². The molecule has 56 valence electrons. The Morgan fingerprint density at radius 1 is 1.50 bits per heavy atom. The van der Waals surface area contributed by atoms with E-state index >= 15 is 0 Å². The summed E-state index contributed by atoms with van der Waals surface area (Å²) in [5.74, 6) is 0. The normalized spacial score (nSPS) is 23.3. The predicted molar refractivity (Wildman–Crippen MR) is 50.1 cm³/mol. The molecule has 10 heavy (non-hydrogen) atoms. The molecule has 0 atom stereocenters. The van der Waals surface area contributed by atoms with Crippen molar-refractivity contribution in [2.24, 2.45) is 0 Å². The molecule has 5 heteroatoms. The first-order valence-corrected chi connectivity index (χ1v) is 3.93. The Morgan fingerprint density at radius 3 is 2.10 bits per heavy atom. The van der Waals surface area contributed by atoms with Crippen LogP contribution in [0.15, 0.2) is 0 Å². The van der Waals surface area contributed by atoms with E-state index < -0.39 is 0 Å². The second-order valence-electron chi connectivity index (χ2n) is 2.64. The van der Waals surface area contributed by atoms with E-state index in [1.165, 1.54) is 4.42 Å². The van der Waals surface area contributed by atoms with Crippen molar-refractivity contribution >= 4 is 46.3 Å². The fourth-order valence-electron chi connectivity index (χ4n) is 0.708. The van der Waals surface area contributed by atoms with E-state index in [4.69, 9.17) is 36.2 Å². The Kier molecular flexibility index (Phi) is 1.87. The van der Waals surface area contributed by atoms with Crippen LogP contribution in [0.1, 0.15) is 13.8 Å². The summed E-state index contributed by atoms with van der Waals surface area (Å²) in [6.07, 6.45) is 0. The largest absolute Gasteiger partial charge is 0.350 e. The molecule has 1 heterocycles. The van der Waals surface area contributed by atoms with Crippen molar-refractivity contribution in [3.63, 3.8) is 0 Å². The summed E-state index contributed by atoms with van der Waals surface area (Å²) in [4.78, 5) is 0.624. The van der Waals surface area contributed by atoms with Crippen LogP contribution >= 0.6 is 36.2 Å². The highest BCUT2D eigenvalue weighted by Crippen LogP contribution is 2.19. The second-order valence-corrected chi connectivity index (χ2v) is 3.75. The molecule has 0 aromatic rings. The average Bonchev–Trinajstić information content (AvgIpc) is 1.95. The molecule has 0 aliphatic carbocycles. The zero-order valence-corrected chi connectivity index (χ0v) is 8.03. The lowest BCUT2D eigenvalue weighted by molar-refractivity contribution is 0.646. The predicted octanol–water partition coefficient (Wildman–Crippen LogP) is 1.44. The highest BCUT2D eigenvalue weighted by molar-refractivity contribution is 7.82. The van der Waals surface area contributed by atoms with Crippen LogP contribution < -0.4 is 5.32 Å². The number of thiocarbonyl (C=S) groups is 2. The number of hydrogen-bond donors (Lipinski definition) is 1. The molecule has 2 nitrogen and oxygen atoms in total. The average molecular weight is 195 g/mol. The minimum Gasteiger partial charge on any atom is -0.350 e. The lowest BCUT2D eigenvalue weighted by atomic mass is 10.1. The minimum atomic E-state index is -0.270. The summed E-state index contributed by atoms with van der Waals surface area (Å²) in [5.41, 5.74) is -0.270. The van der Waals surface area contributed by atoms with Gasteiger partial charge in [-0.2, -0.15) is 0 Å². The Bertz CT molecular complexity index is 202. The zero-order valence-electron chi connectivity index (χ0n) is 5.64. The summed E-state index contributed by atoms with van der Waals surface area (Å²) >= 11 is 15.5. The van der Waals surface area contributed by atoms with Gasteiger partial charge in [-0.15, -0.1) is 0 Å². The van der Waals surface area contributed by atoms with E-state index in [1.54, 1.807) is 0 Å². The fraction of sp³-hybridized carbons (Fsp3) is 0.600. The molecular weight excluding hydrogens is 188 g/mol. The standard InChI is InChI=1S/C5H7ClN2S2/c1-5(2)3(9)8(6)4(10)7-5/h1-2H3,(H,7,10). The molecule has 0 unspecified atom stereocenters. The summed E-state index contributed by atoms with van der Waals surface area (Å²) < 4.78 is 1.30. The van der Waals surface area contributed by atoms with Crippen LogP contribution in [0.5, 0.6) is 0 Å². The van der Waals surface area contributed by atoms with E-state index in [9.17, 15) is 0 Å². The van der Waals surface area contributed by atoms with Gasteiger partial charge in [-0.3, -0.25) is 0 Å². The van der Waals surface area contributed by atoms with Crippen LogP contribution in [0, 0.1) is 0 Å². The Morgan fingerprint density at radius 2 is 2.00 bits per heavy atom. The Hall–Kier alpha value is 0.0700. The van der Waals surface area contributed by atoms with Crippen LogP contribution in [0.3, 0.4) is 0 Å². The summed E-state index contributed by atoms with van der Waals surface area (Å²) in [5, 5.41) is 3.46. The van der Waals surface area contributed by atoms with Crippen LogP contribution in [0.4, 0.5) is 0 Å². The van der Waals surface area contributed by atoms with Crippen molar-refractivity contribution in [1.29, 1.82) is 0 Å². The van der Waals surface area contributed by atoms with Gasteiger partial charge in [-0.25, -0.2) is 4.42 Å².